The third kappa shape index (κ3) is 6.62. The van der Waals surface area contributed by atoms with Gasteiger partial charge >= 0.3 is 5.97 Å². The van der Waals surface area contributed by atoms with Crippen molar-refractivity contribution in [2.45, 2.75) is 20.0 Å². The van der Waals surface area contributed by atoms with Crippen molar-refractivity contribution in [3.05, 3.63) is 12.2 Å². The highest BCUT2D eigenvalue weighted by atomic mass is 32.2. The van der Waals surface area contributed by atoms with E-state index in [1.54, 1.807) is 0 Å². The maximum atomic E-state index is 10.9. The first-order valence-electron chi connectivity index (χ1n) is 3.93. The minimum absolute atomic E-state index is 0.112. The van der Waals surface area contributed by atoms with E-state index in [0.29, 0.717) is 0 Å². The molecule has 0 amide bonds. The molecule has 1 unspecified atom stereocenters. The van der Waals surface area contributed by atoms with Crippen LogP contribution in [0.2, 0.25) is 0 Å². The molecule has 1 atom stereocenters. The second kappa shape index (κ2) is 5.11. The van der Waals surface area contributed by atoms with Gasteiger partial charge in [-0.2, -0.15) is 8.42 Å². The van der Waals surface area contributed by atoms with Crippen LogP contribution < -0.4 is 0 Å². The molecule has 0 heterocycles. The van der Waals surface area contributed by atoms with Gasteiger partial charge in [-0.3, -0.25) is 4.18 Å². The maximum absolute atomic E-state index is 10.9. The molecule has 0 N–H and O–H groups in total. The molecule has 0 aliphatic carbocycles. The number of esters is 1. The van der Waals surface area contributed by atoms with Gasteiger partial charge < -0.3 is 4.74 Å². The zero-order valence-electron chi connectivity index (χ0n) is 8.44. The highest BCUT2D eigenvalue weighted by molar-refractivity contribution is 7.86. The van der Waals surface area contributed by atoms with Crippen LogP contribution in [0, 0.1) is 0 Å². The lowest BCUT2D eigenvalue weighted by Gasteiger charge is -2.11. The molecule has 5 nitrogen and oxygen atoms in total. The summed E-state index contributed by atoms with van der Waals surface area (Å²) in [5, 5.41) is 0. The van der Waals surface area contributed by atoms with Crippen LogP contribution in [0.15, 0.2) is 12.2 Å². The fourth-order valence-corrected chi connectivity index (χ4v) is 1.29. The Labute approximate surface area is 83.8 Å². The quantitative estimate of drug-likeness (QED) is 0.384. The summed E-state index contributed by atoms with van der Waals surface area (Å²) in [6, 6.07) is 0. The molecule has 0 aromatic carbocycles. The van der Waals surface area contributed by atoms with E-state index in [0.717, 1.165) is 6.26 Å². The van der Waals surface area contributed by atoms with Crippen molar-refractivity contribution in [3.8, 4) is 0 Å². The summed E-state index contributed by atoms with van der Waals surface area (Å²) in [5.41, 5.74) is 0.261. The Morgan fingerprint density at radius 2 is 2.00 bits per heavy atom. The molecule has 0 radical (unpaired) electrons. The molecule has 0 spiro atoms. The van der Waals surface area contributed by atoms with Crippen molar-refractivity contribution >= 4 is 16.1 Å². The fraction of sp³-hybridized carbons (Fsp3) is 0.625. The largest absolute Gasteiger partial charge is 0.460 e. The first-order chi connectivity index (χ1) is 6.22. The molecule has 0 bridgehead atoms. The van der Waals surface area contributed by atoms with E-state index in [-0.39, 0.29) is 12.2 Å². The minimum atomic E-state index is -3.51. The zero-order valence-corrected chi connectivity index (χ0v) is 9.26. The van der Waals surface area contributed by atoms with Gasteiger partial charge in [0.1, 0.15) is 12.7 Å². The molecule has 0 rings (SSSR count). The number of hydrogen-bond acceptors (Lipinski definition) is 5. The smallest absolute Gasteiger partial charge is 0.333 e. The molecule has 0 saturated heterocycles. The van der Waals surface area contributed by atoms with Crippen LogP contribution in [0.4, 0.5) is 0 Å². The molecule has 0 aromatic heterocycles. The van der Waals surface area contributed by atoms with Gasteiger partial charge in [-0.1, -0.05) is 6.58 Å². The molecule has 0 fully saturated rings. The highest BCUT2D eigenvalue weighted by Crippen LogP contribution is 2.00. The second-order valence-corrected chi connectivity index (χ2v) is 4.59. The van der Waals surface area contributed by atoms with E-state index in [1.165, 1.54) is 13.8 Å². The van der Waals surface area contributed by atoms with Crippen LogP contribution in [0.25, 0.3) is 0 Å². The third-order valence-electron chi connectivity index (χ3n) is 1.14. The highest BCUT2D eigenvalue weighted by Gasteiger charge is 2.12. The van der Waals surface area contributed by atoms with Crippen molar-refractivity contribution in [2.75, 3.05) is 12.9 Å². The van der Waals surface area contributed by atoms with Crippen LogP contribution in [0.5, 0.6) is 0 Å². The SMILES string of the molecule is C=C(C)C(=O)OCC(C)OS(C)(=O)=O. The monoisotopic (exact) mass is 222 g/mol. The Balaban J connectivity index is 3.92. The number of carbonyl (C=O) groups is 1. The standard InChI is InChI=1S/C8H14O5S/c1-6(2)8(9)12-5-7(3)13-14(4,10)11/h7H,1,5H2,2-4H3. The molecular formula is C8H14O5S. The van der Waals surface area contributed by atoms with E-state index >= 15 is 0 Å². The van der Waals surface area contributed by atoms with Gasteiger partial charge in [0.05, 0.1) is 6.26 Å². The average Bonchev–Trinajstić information content (AvgIpc) is 1.96. The maximum Gasteiger partial charge on any atom is 0.333 e. The summed E-state index contributed by atoms with van der Waals surface area (Å²) in [5.74, 6) is -0.561. The van der Waals surface area contributed by atoms with Gasteiger partial charge in [-0.25, -0.2) is 4.79 Å². The van der Waals surface area contributed by atoms with Gasteiger partial charge in [-0.15, -0.1) is 0 Å². The van der Waals surface area contributed by atoms with Crippen LogP contribution in [-0.2, 0) is 23.8 Å². The van der Waals surface area contributed by atoms with Crippen LogP contribution in [-0.4, -0.2) is 33.4 Å². The number of hydrogen-bond donors (Lipinski definition) is 0. The van der Waals surface area contributed by atoms with Crippen LogP contribution >= 0.6 is 0 Å². The summed E-state index contributed by atoms with van der Waals surface area (Å²) >= 11 is 0. The Kier molecular flexibility index (Phi) is 4.79. The molecule has 0 aliphatic heterocycles. The lowest BCUT2D eigenvalue weighted by Crippen LogP contribution is -2.22. The Morgan fingerprint density at radius 3 is 2.36 bits per heavy atom. The molecule has 0 aliphatic rings. The Hall–Kier alpha value is -0.880. The lowest BCUT2D eigenvalue weighted by atomic mass is 10.3. The van der Waals surface area contributed by atoms with E-state index in [4.69, 9.17) is 0 Å². The Morgan fingerprint density at radius 1 is 1.50 bits per heavy atom. The van der Waals surface area contributed by atoms with Crippen molar-refractivity contribution in [1.29, 1.82) is 0 Å². The van der Waals surface area contributed by atoms with Gasteiger partial charge in [-0.05, 0) is 13.8 Å². The van der Waals surface area contributed by atoms with Crippen molar-refractivity contribution in [2.24, 2.45) is 0 Å². The first kappa shape index (κ1) is 13.1. The molecule has 14 heavy (non-hydrogen) atoms. The third-order valence-corrected chi connectivity index (χ3v) is 1.81. The molecule has 82 valence electrons. The van der Waals surface area contributed by atoms with E-state index in [2.05, 4.69) is 15.5 Å². The predicted molar refractivity (Wildman–Crippen MR) is 51.2 cm³/mol. The average molecular weight is 222 g/mol. The molecule has 0 saturated carbocycles. The van der Waals surface area contributed by atoms with Crippen molar-refractivity contribution in [3.63, 3.8) is 0 Å². The van der Waals surface area contributed by atoms with Crippen LogP contribution in [0.3, 0.4) is 0 Å². The zero-order chi connectivity index (χ0) is 11.4. The van der Waals surface area contributed by atoms with Gasteiger partial charge in [0, 0.05) is 5.57 Å². The molecular weight excluding hydrogens is 208 g/mol. The van der Waals surface area contributed by atoms with E-state index in [9.17, 15) is 13.2 Å². The summed E-state index contributed by atoms with van der Waals surface area (Å²) in [6.45, 7) is 6.26. The topological polar surface area (TPSA) is 69.7 Å². The van der Waals surface area contributed by atoms with E-state index in [1.807, 2.05) is 0 Å². The molecule has 0 aromatic rings. The summed E-state index contributed by atoms with van der Waals surface area (Å²) in [4.78, 5) is 10.9. The predicted octanol–water partition coefficient (Wildman–Crippen LogP) is 0.470. The summed E-state index contributed by atoms with van der Waals surface area (Å²) in [6.07, 6.45) is 0.248. The fourth-order valence-electron chi connectivity index (χ4n) is 0.642. The Bertz CT molecular complexity index is 317. The minimum Gasteiger partial charge on any atom is -0.460 e. The number of ether oxygens (including phenoxy) is 1. The normalized spacial score (nSPS) is 13.4. The summed E-state index contributed by atoms with van der Waals surface area (Å²) in [7, 11) is -3.51. The molecule has 6 heteroatoms. The lowest BCUT2D eigenvalue weighted by molar-refractivity contribution is -0.141. The second-order valence-electron chi connectivity index (χ2n) is 2.99. The van der Waals surface area contributed by atoms with Gasteiger partial charge in [0.15, 0.2) is 0 Å². The number of rotatable bonds is 5. The van der Waals surface area contributed by atoms with Crippen LogP contribution in [0.1, 0.15) is 13.8 Å². The van der Waals surface area contributed by atoms with Gasteiger partial charge in [0.25, 0.3) is 10.1 Å². The van der Waals surface area contributed by atoms with Gasteiger partial charge in [0.2, 0.25) is 0 Å². The summed E-state index contributed by atoms with van der Waals surface area (Å²) < 4.78 is 30.5. The number of carbonyl (C=O) groups excluding carboxylic acids is 1. The van der Waals surface area contributed by atoms with Crippen molar-refractivity contribution < 1.29 is 22.1 Å². The first-order valence-corrected chi connectivity index (χ1v) is 5.75. The van der Waals surface area contributed by atoms with Crippen molar-refractivity contribution in [1.82, 2.24) is 0 Å². The van der Waals surface area contributed by atoms with E-state index < -0.39 is 22.2 Å².